The van der Waals surface area contributed by atoms with Crippen molar-refractivity contribution in [2.45, 2.75) is 30.0 Å². The van der Waals surface area contributed by atoms with E-state index < -0.39 is 46.3 Å². The third kappa shape index (κ3) is 5.59. The number of halogens is 5. The Morgan fingerprint density at radius 2 is 1.89 bits per heavy atom. The lowest BCUT2D eigenvalue weighted by molar-refractivity contribution is -0.148. The van der Waals surface area contributed by atoms with Crippen LogP contribution in [0.2, 0.25) is 0 Å². The second-order valence-electron chi connectivity index (χ2n) is 8.63. The summed E-state index contributed by atoms with van der Waals surface area (Å²) in [5.74, 6) is -3.51. The number of carbonyl (C=O) groups is 1. The number of aromatic nitrogens is 1. The van der Waals surface area contributed by atoms with E-state index in [4.69, 9.17) is 4.74 Å². The van der Waals surface area contributed by atoms with Crippen LogP contribution < -0.4 is 14.8 Å². The second-order valence-corrected chi connectivity index (χ2v) is 10.3. The third-order valence-corrected chi connectivity index (χ3v) is 7.59. The van der Waals surface area contributed by atoms with E-state index in [0.29, 0.717) is 12.8 Å². The highest BCUT2D eigenvalue weighted by molar-refractivity contribution is 7.89. The number of alkyl halides is 3. The van der Waals surface area contributed by atoms with Gasteiger partial charge in [-0.05, 0) is 44.0 Å². The summed E-state index contributed by atoms with van der Waals surface area (Å²) in [5.41, 5.74) is -0.183. The number of anilines is 1. The SMILES string of the molecule is Cn1cc2c(c1C(=O)Nc1ccc(F)c(F)c1)OCC(C1CCN(CC(F)(F)F)CC1)NS2(=O)=O. The molecule has 0 saturated carbocycles. The van der Waals surface area contributed by atoms with Gasteiger partial charge in [0.15, 0.2) is 23.1 Å². The number of hydrogen-bond acceptors (Lipinski definition) is 5. The Labute approximate surface area is 198 Å². The zero-order chi connectivity index (χ0) is 25.5. The largest absolute Gasteiger partial charge is 0.488 e. The number of nitrogens with one attached hydrogen (secondary N) is 2. The summed E-state index contributed by atoms with van der Waals surface area (Å²) in [6, 6.07) is 2.08. The van der Waals surface area contributed by atoms with Crippen molar-refractivity contribution < 1.29 is 39.9 Å². The third-order valence-electron chi connectivity index (χ3n) is 6.10. The Balaban J connectivity index is 1.51. The molecule has 1 aromatic carbocycles. The number of hydrogen-bond donors (Lipinski definition) is 2. The molecule has 2 aliphatic heterocycles. The van der Waals surface area contributed by atoms with Gasteiger partial charge in [0.05, 0.1) is 12.6 Å². The minimum absolute atomic E-state index is 0.0399. The second kappa shape index (κ2) is 9.39. The Morgan fingerprint density at radius 3 is 2.51 bits per heavy atom. The summed E-state index contributed by atoms with van der Waals surface area (Å²) < 4.78 is 100. The van der Waals surface area contributed by atoms with Crippen molar-refractivity contribution in [3.8, 4) is 5.75 Å². The molecule has 1 unspecified atom stereocenters. The van der Waals surface area contributed by atoms with Crippen molar-refractivity contribution >= 4 is 21.6 Å². The number of nitrogens with zero attached hydrogens (tertiary/aromatic N) is 2. The van der Waals surface area contributed by atoms with Gasteiger partial charge < -0.3 is 14.6 Å². The van der Waals surface area contributed by atoms with Crippen LogP contribution in [0.25, 0.3) is 0 Å². The Kier molecular flexibility index (Phi) is 6.81. The number of fused-ring (bicyclic) bond motifs is 1. The van der Waals surface area contributed by atoms with Crippen LogP contribution in [0.5, 0.6) is 5.75 Å². The van der Waals surface area contributed by atoms with Gasteiger partial charge >= 0.3 is 6.18 Å². The first kappa shape index (κ1) is 25.4. The number of ether oxygens (including phenoxy) is 1. The van der Waals surface area contributed by atoms with Gasteiger partial charge in [-0.15, -0.1) is 0 Å². The van der Waals surface area contributed by atoms with Gasteiger partial charge in [0.2, 0.25) is 10.0 Å². The fraction of sp³-hybridized carbons (Fsp3) is 0.476. The van der Waals surface area contributed by atoms with Gasteiger partial charge in [-0.2, -0.15) is 13.2 Å². The molecule has 1 saturated heterocycles. The first-order chi connectivity index (χ1) is 16.3. The Bertz CT molecular complexity index is 1220. The molecular weight excluding hydrogens is 499 g/mol. The number of sulfonamides is 1. The van der Waals surface area contributed by atoms with E-state index >= 15 is 0 Å². The van der Waals surface area contributed by atoms with E-state index in [2.05, 4.69) is 10.0 Å². The average molecular weight is 522 g/mol. The predicted octanol–water partition coefficient (Wildman–Crippen LogP) is 2.87. The van der Waals surface area contributed by atoms with Gasteiger partial charge in [0, 0.05) is 25.0 Å². The maximum atomic E-state index is 13.5. The summed E-state index contributed by atoms with van der Waals surface area (Å²) in [5, 5.41) is 2.39. The number of benzene rings is 1. The van der Waals surface area contributed by atoms with Gasteiger partial charge in [-0.1, -0.05) is 0 Å². The Morgan fingerprint density at radius 1 is 1.20 bits per heavy atom. The molecule has 4 rings (SSSR count). The molecule has 2 N–H and O–H groups in total. The number of amides is 1. The fourth-order valence-electron chi connectivity index (χ4n) is 4.40. The molecule has 14 heteroatoms. The lowest BCUT2D eigenvalue weighted by atomic mass is 9.90. The normalized spacial score (nSPS) is 21.1. The number of aryl methyl sites for hydroxylation is 1. The van der Waals surface area contributed by atoms with Crippen LogP contribution in [0.4, 0.5) is 27.6 Å². The zero-order valence-electron chi connectivity index (χ0n) is 18.5. The summed E-state index contributed by atoms with van der Waals surface area (Å²) >= 11 is 0. The first-order valence-electron chi connectivity index (χ1n) is 10.7. The zero-order valence-corrected chi connectivity index (χ0v) is 19.3. The van der Waals surface area contributed by atoms with Gasteiger partial charge in [0.25, 0.3) is 5.91 Å². The topological polar surface area (TPSA) is 92.7 Å². The van der Waals surface area contributed by atoms with Crippen molar-refractivity contribution in [2.75, 3.05) is 31.6 Å². The molecule has 2 aromatic rings. The molecule has 1 atom stereocenters. The molecule has 8 nitrogen and oxygen atoms in total. The first-order valence-corrected chi connectivity index (χ1v) is 12.2. The van der Waals surface area contributed by atoms with Gasteiger partial charge in [-0.3, -0.25) is 9.69 Å². The van der Waals surface area contributed by atoms with E-state index in [-0.39, 0.29) is 47.6 Å². The highest BCUT2D eigenvalue weighted by Gasteiger charge is 2.39. The van der Waals surface area contributed by atoms with Crippen molar-refractivity contribution in [1.29, 1.82) is 0 Å². The standard InChI is InChI=1S/C21H23F5N4O4S/c1-29-9-17-19(18(29)20(31)27-13-2-3-14(22)15(23)8-13)34-10-16(28-35(17,32)33)12-4-6-30(7-5-12)11-21(24,25)26/h2-3,8-9,12,16,28H,4-7,10-11H2,1H3,(H,27,31). The summed E-state index contributed by atoms with van der Waals surface area (Å²) in [7, 11) is -2.69. The number of carbonyl (C=O) groups excluding carboxylic acids is 1. The van der Waals surface area contributed by atoms with E-state index in [1.165, 1.54) is 22.7 Å². The summed E-state index contributed by atoms with van der Waals surface area (Å²) in [4.78, 5) is 13.9. The van der Waals surface area contributed by atoms with Crippen molar-refractivity contribution in [3.05, 3.63) is 41.7 Å². The maximum Gasteiger partial charge on any atom is 0.401 e. The molecule has 1 aromatic heterocycles. The minimum atomic E-state index is -4.31. The molecule has 0 bridgehead atoms. The predicted molar refractivity (Wildman–Crippen MR) is 115 cm³/mol. The molecule has 1 fully saturated rings. The molecule has 35 heavy (non-hydrogen) atoms. The van der Waals surface area contributed by atoms with Crippen molar-refractivity contribution in [1.82, 2.24) is 14.2 Å². The van der Waals surface area contributed by atoms with Crippen LogP contribution in [0.3, 0.4) is 0 Å². The van der Waals surface area contributed by atoms with E-state index in [0.717, 1.165) is 18.2 Å². The number of piperidine rings is 1. The van der Waals surface area contributed by atoms with Gasteiger partial charge in [-0.25, -0.2) is 21.9 Å². The van der Waals surface area contributed by atoms with Crippen LogP contribution in [-0.2, 0) is 17.1 Å². The van der Waals surface area contributed by atoms with E-state index in [1.807, 2.05) is 0 Å². The summed E-state index contributed by atoms with van der Waals surface area (Å²) in [6.07, 6.45) is -2.42. The number of likely N-dealkylation sites (tertiary alicyclic amines) is 1. The maximum absolute atomic E-state index is 13.5. The van der Waals surface area contributed by atoms with Crippen LogP contribution in [0, 0.1) is 17.6 Å². The van der Waals surface area contributed by atoms with Gasteiger partial charge in [0.1, 0.15) is 11.5 Å². The fourth-order valence-corrected chi connectivity index (χ4v) is 5.89. The Hall–Kier alpha value is -2.71. The molecule has 0 radical (unpaired) electrons. The van der Waals surface area contributed by atoms with Crippen LogP contribution >= 0.6 is 0 Å². The molecule has 1 amide bonds. The average Bonchev–Trinajstić information content (AvgIpc) is 3.04. The smallest absolute Gasteiger partial charge is 0.401 e. The lowest BCUT2D eigenvalue weighted by Crippen LogP contribution is -2.48. The monoisotopic (exact) mass is 522 g/mol. The van der Waals surface area contributed by atoms with Crippen molar-refractivity contribution in [2.24, 2.45) is 13.0 Å². The van der Waals surface area contributed by atoms with E-state index in [1.54, 1.807) is 0 Å². The quantitative estimate of drug-likeness (QED) is 0.603. The van der Waals surface area contributed by atoms with Crippen LogP contribution in [0.1, 0.15) is 23.3 Å². The van der Waals surface area contributed by atoms with E-state index in [9.17, 15) is 35.2 Å². The molecule has 3 heterocycles. The summed E-state index contributed by atoms with van der Waals surface area (Å²) in [6.45, 7) is -0.822. The number of rotatable bonds is 4. The van der Waals surface area contributed by atoms with Crippen molar-refractivity contribution in [3.63, 3.8) is 0 Å². The molecule has 0 aliphatic carbocycles. The highest BCUT2D eigenvalue weighted by atomic mass is 32.2. The molecular formula is C21H23F5N4O4S. The molecule has 0 spiro atoms. The van der Waals surface area contributed by atoms with Crippen LogP contribution in [0.15, 0.2) is 29.3 Å². The molecule has 192 valence electrons. The lowest BCUT2D eigenvalue weighted by Gasteiger charge is -2.35. The van der Waals surface area contributed by atoms with Crippen LogP contribution in [-0.4, -0.2) is 62.3 Å². The molecule has 2 aliphatic rings. The highest BCUT2D eigenvalue weighted by Crippen LogP contribution is 2.35. The minimum Gasteiger partial charge on any atom is -0.488 e.